The normalized spacial score (nSPS) is 15.4. The summed E-state index contributed by atoms with van der Waals surface area (Å²) in [5, 5.41) is 7.12. The van der Waals surface area contributed by atoms with E-state index in [-0.39, 0.29) is 11.5 Å². The third-order valence-corrected chi connectivity index (χ3v) is 8.11. The number of aryl methyl sites for hydroxylation is 1. The number of nitrogens with zero attached hydrogens (tertiary/aromatic N) is 3. The van der Waals surface area contributed by atoms with Crippen molar-refractivity contribution in [1.82, 2.24) is 19.9 Å². The number of fused-ring (bicyclic) bond motifs is 3. The van der Waals surface area contributed by atoms with Crippen molar-refractivity contribution in [2.24, 2.45) is 0 Å². The van der Waals surface area contributed by atoms with Gasteiger partial charge in [-0.15, -0.1) is 22.7 Å². The summed E-state index contributed by atoms with van der Waals surface area (Å²) in [7, 11) is 0. The maximum atomic E-state index is 13.2. The molecule has 1 N–H and O–H groups in total. The molecule has 3 aromatic heterocycles. The first-order valence-corrected chi connectivity index (χ1v) is 13.2. The van der Waals surface area contributed by atoms with Gasteiger partial charge in [0.05, 0.1) is 29.9 Å². The predicted molar refractivity (Wildman–Crippen MR) is 135 cm³/mol. The van der Waals surface area contributed by atoms with Crippen LogP contribution in [-0.2, 0) is 30.5 Å². The molecular weight excluding hydrogens is 468 g/mol. The number of nitrogens with one attached hydrogen (secondary N) is 1. The van der Waals surface area contributed by atoms with Crippen molar-refractivity contribution in [2.45, 2.75) is 45.2 Å². The van der Waals surface area contributed by atoms with Crippen LogP contribution < -0.4 is 10.9 Å². The van der Waals surface area contributed by atoms with Crippen molar-refractivity contribution in [1.29, 1.82) is 0 Å². The van der Waals surface area contributed by atoms with E-state index in [4.69, 9.17) is 4.74 Å². The fraction of sp³-hybridized carbons (Fsp3) is 0.360. The van der Waals surface area contributed by atoms with Gasteiger partial charge in [-0.05, 0) is 37.3 Å². The third kappa shape index (κ3) is 4.82. The van der Waals surface area contributed by atoms with Gasteiger partial charge in [0.2, 0.25) is 0 Å². The van der Waals surface area contributed by atoms with Crippen molar-refractivity contribution < 1.29 is 9.53 Å². The summed E-state index contributed by atoms with van der Waals surface area (Å²) >= 11 is 3.14. The molecule has 7 nitrogen and oxygen atoms in total. The van der Waals surface area contributed by atoms with E-state index in [0.29, 0.717) is 24.9 Å². The summed E-state index contributed by atoms with van der Waals surface area (Å²) in [5.74, 6) is -0.362. The number of esters is 1. The molecular formula is C25H26N4O3S2. The number of aromatic nitrogens is 3. The molecule has 0 saturated heterocycles. The lowest BCUT2D eigenvalue weighted by atomic mass is 9.93. The zero-order valence-corrected chi connectivity index (χ0v) is 20.6. The zero-order valence-electron chi connectivity index (χ0n) is 19.0. The second-order valence-electron chi connectivity index (χ2n) is 8.34. The lowest BCUT2D eigenvalue weighted by Gasteiger charge is -2.23. The van der Waals surface area contributed by atoms with Gasteiger partial charge in [0.1, 0.15) is 4.83 Å². The highest BCUT2D eigenvalue weighted by molar-refractivity contribution is 7.18. The van der Waals surface area contributed by atoms with Crippen molar-refractivity contribution in [3.63, 3.8) is 0 Å². The Morgan fingerprint density at radius 1 is 1.29 bits per heavy atom. The van der Waals surface area contributed by atoms with Gasteiger partial charge in [-0.1, -0.05) is 30.3 Å². The fourth-order valence-electron chi connectivity index (χ4n) is 4.38. The van der Waals surface area contributed by atoms with Gasteiger partial charge in [0.15, 0.2) is 5.69 Å². The second-order valence-corrected chi connectivity index (χ2v) is 10.4. The number of rotatable bonds is 8. The average Bonchev–Trinajstić information content (AvgIpc) is 3.46. The van der Waals surface area contributed by atoms with Crippen LogP contribution in [0.2, 0.25) is 0 Å². The summed E-state index contributed by atoms with van der Waals surface area (Å²) in [6.45, 7) is 3.47. The van der Waals surface area contributed by atoms with E-state index in [2.05, 4.69) is 15.3 Å². The molecule has 176 valence electrons. The Kier molecular flexibility index (Phi) is 6.85. The number of thiophene rings is 1. The van der Waals surface area contributed by atoms with E-state index in [9.17, 15) is 9.59 Å². The molecule has 0 amide bonds. The van der Waals surface area contributed by atoms with Gasteiger partial charge < -0.3 is 10.1 Å². The number of hydrogen-bond donors (Lipinski definition) is 1. The van der Waals surface area contributed by atoms with Crippen LogP contribution in [0.1, 0.15) is 44.8 Å². The molecule has 1 atom stereocenters. The molecule has 0 spiro atoms. The Morgan fingerprint density at radius 3 is 2.97 bits per heavy atom. The molecule has 1 unspecified atom stereocenters. The number of carbonyl (C=O) groups excluding carboxylic acids is 1. The summed E-state index contributed by atoms with van der Waals surface area (Å²) in [5.41, 5.74) is 2.71. The fourth-order valence-corrected chi connectivity index (χ4v) is 6.40. The second kappa shape index (κ2) is 10.2. The van der Waals surface area contributed by atoms with Gasteiger partial charge >= 0.3 is 5.97 Å². The highest BCUT2D eigenvalue weighted by atomic mass is 32.1. The van der Waals surface area contributed by atoms with E-state index in [0.717, 1.165) is 53.0 Å². The Hall–Kier alpha value is -2.88. The molecule has 34 heavy (non-hydrogen) atoms. The Morgan fingerprint density at radius 2 is 2.15 bits per heavy atom. The first-order chi connectivity index (χ1) is 16.6. The van der Waals surface area contributed by atoms with E-state index < -0.39 is 0 Å². The third-order valence-electron chi connectivity index (χ3n) is 6.04. The largest absolute Gasteiger partial charge is 0.461 e. The Labute approximate surface area is 205 Å². The molecule has 1 aromatic carbocycles. The van der Waals surface area contributed by atoms with Crippen molar-refractivity contribution in [2.75, 3.05) is 13.2 Å². The minimum atomic E-state index is -0.362. The van der Waals surface area contributed by atoms with E-state index >= 15 is 0 Å². The molecule has 1 aliphatic rings. The first kappa shape index (κ1) is 22.9. The van der Waals surface area contributed by atoms with Crippen LogP contribution in [0.3, 0.4) is 0 Å². The quantitative estimate of drug-likeness (QED) is 0.375. The lowest BCUT2D eigenvalue weighted by molar-refractivity contribution is 0.0520. The standard InChI is InChI=1S/C25H26N4O3S2/c1-2-32-25(31)19-14-33-21(28-19)10-11-26-17-8-9-18-20(12-17)34-23-22(18)24(30)29(15-27-23)13-16-6-4-3-5-7-16/h3-7,14-15,17,26H,2,8-13H2,1H3. The van der Waals surface area contributed by atoms with Crippen LogP contribution in [0, 0.1) is 0 Å². The summed E-state index contributed by atoms with van der Waals surface area (Å²) < 4.78 is 6.72. The lowest BCUT2D eigenvalue weighted by Crippen LogP contribution is -2.35. The zero-order chi connectivity index (χ0) is 23.5. The van der Waals surface area contributed by atoms with Crippen LogP contribution >= 0.6 is 22.7 Å². The number of benzene rings is 1. The Balaban J connectivity index is 1.23. The predicted octanol–water partition coefficient (Wildman–Crippen LogP) is 3.83. The maximum absolute atomic E-state index is 13.2. The summed E-state index contributed by atoms with van der Waals surface area (Å²) in [6, 6.07) is 10.4. The molecule has 1 aliphatic carbocycles. The van der Waals surface area contributed by atoms with Crippen LogP contribution in [0.25, 0.3) is 10.2 Å². The molecule has 9 heteroatoms. The minimum absolute atomic E-state index is 0.0546. The van der Waals surface area contributed by atoms with Crippen molar-refractivity contribution in [3.8, 4) is 0 Å². The van der Waals surface area contributed by atoms with E-state index in [1.165, 1.54) is 21.8 Å². The monoisotopic (exact) mass is 494 g/mol. The van der Waals surface area contributed by atoms with Gasteiger partial charge in [-0.3, -0.25) is 9.36 Å². The van der Waals surface area contributed by atoms with Crippen LogP contribution in [0.4, 0.5) is 0 Å². The topological polar surface area (TPSA) is 86.1 Å². The Bertz CT molecular complexity index is 1360. The number of thiazole rings is 1. The van der Waals surface area contributed by atoms with Gasteiger partial charge in [-0.25, -0.2) is 14.8 Å². The molecule has 5 rings (SSSR count). The smallest absolute Gasteiger partial charge is 0.357 e. The van der Waals surface area contributed by atoms with Crippen molar-refractivity contribution >= 4 is 38.9 Å². The summed E-state index contributed by atoms with van der Waals surface area (Å²) in [4.78, 5) is 36.1. The SMILES string of the molecule is CCOC(=O)c1csc(CCNC2CCc3c(sc4ncn(Cc5ccccc5)c(=O)c34)C2)n1. The van der Waals surface area contributed by atoms with Crippen LogP contribution in [0.15, 0.2) is 46.8 Å². The highest BCUT2D eigenvalue weighted by Gasteiger charge is 2.25. The molecule has 0 aliphatic heterocycles. The maximum Gasteiger partial charge on any atom is 0.357 e. The van der Waals surface area contributed by atoms with Gasteiger partial charge in [0.25, 0.3) is 5.56 Å². The minimum Gasteiger partial charge on any atom is -0.461 e. The average molecular weight is 495 g/mol. The molecule has 0 bridgehead atoms. The first-order valence-electron chi connectivity index (χ1n) is 11.5. The van der Waals surface area contributed by atoms with E-state index in [1.54, 1.807) is 34.5 Å². The van der Waals surface area contributed by atoms with Gasteiger partial charge in [0, 0.05) is 29.3 Å². The summed E-state index contributed by atoms with van der Waals surface area (Å²) in [6.07, 6.45) is 5.21. The molecule has 0 fully saturated rings. The number of hydrogen-bond acceptors (Lipinski definition) is 8. The molecule has 0 radical (unpaired) electrons. The van der Waals surface area contributed by atoms with E-state index in [1.807, 2.05) is 30.3 Å². The molecule has 3 heterocycles. The van der Waals surface area contributed by atoms with Gasteiger partial charge in [-0.2, -0.15) is 0 Å². The number of ether oxygens (including phenoxy) is 1. The molecule has 4 aromatic rings. The van der Waals surface area contributed by atoms with Crippen LogP contribution in [-0.4, -0.2) is 39.7 Å². The highest BCUT2D eigenvalue weighted by Crippen LogP contribution is 2.33. The number of carbonyl (C=O) groups is 1. The van der Waals surface area contributed by atoms with Crippen LogP contribution in [0.5, 0.6) is 0 Å². The molecule has 0 saturated carbocycles. The van der Waals surface area contributed by atoms with Crippen molar-refractivity contribution in [3.05, 3.63) is 79.1 Å².